The van der Waals surface area contributed by atoms with Crippen molar-refractivity contribution < 1.29 is 4.79 Å². The molecule has 3 rings (SSSR count). The summed E-state index contributed by atoms with van der Waals surface area (Å²) in [5.74, 6) is 0.655. The standard InChI is InChI=1S/C16H20N4OS/c1-2-14-15(22-19-18-14)16(21)20-9-12(8-17)13(10-20)11-6-4-3-5-7-11/h3-7,12-13H,2,8-10,17H2,1H3/t12-,13+/m1/s1. The van der Waals surface area contributed by atoms with Crippen molar-refractivity contribution in [2.24, 2.45) is 11.7 Å². The molecule has 1 aromatic heterocycles. The monoisotopic (exact) mass is 316 g/mol. The molecule has 0 saturated carbocycles. The molecule has 2 heterocycles. The summed E-state index contributed by atoms with van der Waals surface area (Å²) in [6.45, 7) is 4.00. The number of carbonyl (C=O) groups excluding carboxylic acids is 1. The van der Waals surface area contributed by atoms with Gasteiger partial charge in [0.15, 0.2) is 0 Å². The van der Waals surface area contributed by atoms with Crippen molar-refractivity contribution in [3.63, 3.8) is 0 Å². The second kappa shape index (κ2) is 6.54. The van der Waals surface area contributed by atoms with Crippen LogP contribution in [-0.2, 0) is 6.42 Å². The lowest BCUT2D eigenvalue weighted by Crippen LogP contribution is -2.29. The molecule has 0 aliphatic carbocycles. The molecule has 1 fully saturated rings. The molecule has 2 atom stereocenters. The van der Waals surface area contributed by atoms with Crippen molar-refractivity contribution in [1.29, 1.82) is 0 Å². The van der Waals surface area contributed by atoms with Gasteiger partial charge in [0.2, 0.25) is 0 Å². The summed E-state index contributed by atoms with van der Waals surface area (Å²) in [7, 11) is 0. The lowest BCUT2D eigenvalue weighted by molar-refractivity contribution is 0.0790. The van der Waals surface area contributed by atoms with Crippen molar-refractivity contribution >= 4 is 17.4 Å². The van der Waals surface area contributed by atoms with Crippen LogP contribution < -0.4 is 5.73 Å². The Morgan fingerprint density at radius 2 is 2.14 bits per heavy atom. The smallest absolute Gasteiger partial charge is 0.267 e. The van der Waals surface area contributed by atoms with Crippen LogP contribution in [0.2, 0.25) is 0 Å². The largest absolute Gasteiger partial charge is 0.337 e. The van der Waals surface area contributed by atoms with Crippen LogP contribution in [-0.4, -0.2) is 40.0 Å². The highest BCUT2D eigenvalue weighted by Crippen LogP contribution is 2.33. The van der Waals surface area contributed by atoms with Gasteiger partial charge in [0.05, 0.1) is 5.69 Å². The summed E-state index contributed by atoms with van der Waals surface area (Å²) < 4.78 is 3.92. The molecule has 0 radical (unpaired) electrons. The molecule has 2 aromatic rings. The van der Waals surface area contributed by atoms with E-state index in [1.807, 2.05) is 30.0 Å². The van der Waals surface area contributed by atoms with Gasteiger partial charge in [0, 0.05) is 19.0 Å². The van der Waals surface area contributed by atoms with Crippen LogP contribution in [0.25, 0.3) is 0 Å². The Balaban J connectivity index is 1.81. The van der Waals surface area contributed by atoms with Crippen LogP contribution in [0.4, 0.5) is 0 Å². The Bertz CT molecular complexity index is 643. The number of nitrogens with zero attached hydrogens (tertiary/aromatic N) is 3. The molecular weight excluding hydrogens is 296 g/mol. The minimum Gasteiger partial charge on any atom is -0.337 e. The Kier molecular flexibility index (Phi) is 4.49. The fourth-order valence-corrected chi connectivity index (χ4v) is 3.82. The first-order valence-electron chi connectivity index (χ1n) is 7.60. The Morgan fingerprint density at radius 1 is 1.36 bits per heavy atom. The van der Waals surface area contributed by atoms with Crippen LogP contribution >= 0.6 is 11.5 Å². The topological polar surface area (TPSA) is 72.1 Å². The number of hydrogen-bond donors (Lipinski definition) is 1. The Morgan fingerprint density at radius 3 is 2.82 bits per heavy atom. The number of rotatable bonds is 4. The minimum absolute atomic E-state index is 0.0451. The third-order valence-electron chi connectivity index (χ3n) is 4.34. The molecule has 0 spiro atoms. The molecule has 1 aromatic carbocycles. The third kappa shape index (κ3) is 2.76. The van der Waals surface area contributed by atoms with Gasteiger partial charge in [0.25, 0.3) is 5.91 Å². The van der Waals surface area contributed by atoms with E-state index in [1.54, 1.807) is 0 Å². The average molecular weight is 316 g/mol. The number of carbonyl (C=O) groups is 1. The van der Waals surface area contributed by atoms with Gasteiger partial charge in [-0.25, -0.2) is 0 Å². The molecule has 2 N–H and O–H groups in total. The molecule has 0 bridgehead atoms. The first kappa shape index (κ1) is 15.1. The van der Waals surface area contributed by atoms with Crippen molar-refractivity contribution in [3.05, 3.63) is 46.5 Å². The van der Waals surface area contributed by atoms with E-state index in [0.29, 0.717) is 36.3 Å². The van der Waals surface area contributed by atoms with E-state index < -0.39 is 0 Å². The molecule has 1 saturated heterocycles. The highest BCUT2D eigenvalue weighted by molar-refractivity contribution is 7.08. The fraction of sp³-hybridized carbons (Fsp3) is 0.438. The number of benzene rings is 1. The van der Waals surface area contributed by atoms with E-state index in [4.69, 9.17) is 5.73 Å². The molecular formula is C16H20N4OS. The van der Waals surface area contributed by atoms with E-state index in [2.05, 4.69) is 21.7 Å². The molecule has 1 aliphatic heterocycles. The zero-order valence-electron chi connectivity index (χ0n) is 12.6. The normalized spacial score (nSPS) is 21.3. The van der Waals surface area contributed by atoms with E-state index in [1.165, 1.54) is 17.1 Å². The molecule has 22 heavy (non-hydrogen) atoms. The van der Waals surface area contributed by atoms with Crippen LogP contribution in [0, 0.1) is 5.92 Å². The predicted octanol–water partition coefficient (Wildman–Crippen LogP) is 1.91. The highest BCUT2D eigenvalue weighted by Gasteiger charge is 2.36. The second-order valence-electron chi connectivity index (χ2n) is 5.63. The van der Waals surface area contributed by atoms with Gasteiger partial charge in [-0.1, -0.05) is 41.7 Å². The SMILES string of the molecule is CCc1nnsc1C(=O)N1C[C@@H](CN)[C@H](c2ccccc2)C1. The van der Waals surface area contributed by atoms with E-state index in [-0.39, 0.29) is 5.91 Å². The number of nitrogens with two attached hydrogens (primary N) is 1. The summed E-state index contributed by atoms with van der Waals surface area (Å²) in [6.07, 6.45) is 0.730. The number of aryl methyl sites for hydroxylation is 1. The van der Waals surface area contributed by atoms with Crippen molar-refractivity contribution in [3.8, 4) is 0 Å². The van der Waals surface area contributed by atoms with E-state index in [0.717, 1.165) is 12.1 Å². The number of likely N-dealkylation sites (tertiary alicyclic amines) is 1. The lowest BCUT2D eigenvalue weighted by Gasteiger charge is -2.16. The van der Waals surface area contributed by atoms with Gasteiger partial charge in [-0.05, 0) is 36.0 Å². The molecule has 116 valence electrons. The number of hydrogen-bond acceptors (Lipinski definition) is 5. The third-order valence-corrected chi connectivity index (χ3v) is 5.10. The summed E-state index contributed by atoms with van der Waals surface area (Å²) in [5, 5.41) is 4.04. The van der Waals surface area contributed by atoms with Crippen molar-refractivity contribution in [2.45, 2.75) is 19.3 Å². The summed E-state index contributed by atoms with van der Waals surface area (Å²) in [5.41, 5.74) is 7.99. The lowest BCUT2D eigenvalue weighted by atomic mass is 9.89. The number of aromatic nitrogens is 2. The van der Waals surface area contributed by atoms with Gasteiger partial charge < -0.3 is 10.6 Å². The first-order valence-corrected chi connectivity index (χ1v) is 8.37. The second-order valence-corrected chi connectivity index (χ2v) is 6.38. The fourth-order valence-electron chi connectivity index (χ4n) is 3.10. The predicted molar refractivity (Wildman–Crippen MR) is 86.9 cm³/mol. The van der Waals surface area contributed by atoms with Crippen LogP contribution in [0.3, 0.4) is 0 Å². The maximum Gasteiger partial charge on any atom is 0.267 e. The average Bonchev–Trinajstić information content (AvgIpc) is 3.21. The van der Waals surface area contributed by atoms with Gasteiger partial charge in [-0.15, -0.1) is 5.10 Å². The van der Waals surface area contributed by atoms with Gasteiger partial charge in [-0.2, -0.15) is 0 Å². The van der Waals surface area contributed by atoms with Crippen molar-refractivity contribution in [2.75, 3.05) is 19.6 Å². The Labute approximate surface area is 134 Å². The molecule has 5 nitrogen and oxygen atoms in total. The van der Waals surface area contributed by atoms with Crippen LogP contribution in [0.5, 0.6) is 0 Å². The quantitative estimate of drug-likeness (QED) is 0.935. The summed E-state index contributed by atoms with van der Waals surface area (Å²) in [4.78, 5) is 15.3. The highest BCUT2D eigenvalue weighted by atomic mass is 32.1. The maximum absolute atomic E-state index is 12.7. The number of amides is 1. The molecule has 0 unspecified atom stereocenters. The molecule has 1 aliphatic rings. The zero-order chi connectivity index (χ0) is 15.5. The minimum atomic E-state index is 0.0451. The van der Waals surface area contributed by atoms with Gasteiger partial charge in [-0.3, -0.25) is 4.79 Å². The summed E-state index contributed by atoms with van der Waals surface area (Å²) >= 11 is 1.19. The zero-order valence-corrected chi connectivity index (χ0v) is 13.4. The van der Waals surface area contributed by atoms with Gasteiger partial charge in [0.1, 0.15) is 4.88 Å². The summed E-state index contributed by atoms with van der Waals surface area (Å²) in [6, 6.07) is 10.3. The Hall–Kier alpha value is -1.79. The van der Waals surface area contributed by atoms with Crippen molar-refractivity contribution in [1.82, 2.24) is 14.5 Å². The molecule has 6 heteroatoms. The maximum atomic E-state index is 12.7. The van der Waals surface area contributed by atoms with E-state index in [9.17, 15) is 4.79 Å². The van der Waals surface area contributed by atoms with Gasteiger partial charge >= 0.3 is 0 Å². The molecule has 1 amide bonds. The first-order chi connectivity index (χ1) is 10.7. The van der Waals surface area contributed by atoms with E-state index >= 15 is 0 Å². The van der Waals surface area contributed by atoms with Crippen LogP contribution in [0.15, 0.2) is 30.3 Å². The van der Waals surface area contributed by atoms with Crippen LogP contribution in [0.1, 0.15) is 33.8 Å².